The van der Waals surface area contributed by atoms with Gasteiger partial charge in [0.15, 0.2) is 9.84 Å². The van der Waals surface area contributed by atoms with Crippen LogP contribution in [0.25, 0.3) is 10.9 Å². The van der Waals surface area contributed by atoms with Crippen molar-refractivity contribution in [1.29, 1.82) is 5.26 Å². The average molecular weight is 487 g/mol. The molecule has 0 spiro atoms. The van der Waals surface area contributed by atoms with Gasteiger partial charge in [0, 0.05) is 53.8 Å². The lowest BCUT2D eigenvalue weighted by molar-refractivity contribution is -0.137. The van der Waals surface area contributed by atoms with Crippen LogP contribution in [0.2, 0.25) is 0 Å². The van der Waals surface area contributed by atoms with E-state index in [0.29, 0.717) is 30.8 Å². The smallest absolute Gasteiger partial charge is 0.405 e. The Morgan fingerprint density at radius 1 is 1.24 bits per heavy atom. The lowest BCUT2D eigenvalue weighted by atomic mass is 9.87. The fourth-order valence-electron chi connectivity index (χ4n) is 4.94. The third kappa shape index (κ3) is 5.04. The topological polar surface area (TPSA) is 143 Å². The molecule has 2 fully saturated rings. The number of hydrogen-bond donors (Lipinski definition) is 3. The monoisotopic (exact) mass is 486 g/mol. The van der Waals surface area contributed by atoms with Gasteiger partial charge in [0.25, 0.3) is 0 Å². The van der Waals surface area contributed by atoms with E-state index in [2.05, 4.69) is 10.3 Å². The molecule has 2 saturated carbocycles. The van der Waals surface area contributed by atoms with Crippen LogP contribution >= 0.6 is 0 Å². The van der Waals surface area contributed by atoms with Gasteiger partial charge in [-0.1, -0.05) is 25.3 Å². The lowest BCUT2D eigenvalue weighted by Gasteiger charge is -2.32. The molecule has 2 aromatic rings. The molecule has 0 radical (unpaired) electrons. The van der Waals surface area contributed by atoms with Gasteiger partial charge in [-0.15, -0.1) is 0 Å². The SMILES string of the molecule is CS(=O)(=O)c1cccc2[nH]c3c(c12)CN(C(=O)C1CCCCC1)CC3.N#CC1(NC(=O)O)CC1. The molecule has 2 heterocycles. The van der Waals surface area contributed by atoms with Crippen LogP contribution in [0.5, 0.6) is 0 Å². The second-order valence-corrected chi connectivity index (χ2v) is 11.5. The molecule has 3 N–H and O–H groups in total. The Morgan fingerprint density at radius 3 is 2.50 bits per heavy atom. The van der Waals surface area contributed by atoms with Crippen LogP contribution in [0.1, 0.15) is 56.2 Å². The Bertz CT molecular complexity index is 1250. The summed E-state index contributed by atoms with van der Waals surface area (Å²) < 4.78 is 24.4. The van der Waals surface area contributed by atoms with E-state index in [9.17, 15) is 18.0 Å². The summed E-state index contributed by atoms with van der Waals surface area (Å²) in [6.07, 6.45) is 7.67. The number of benzene rings is 1. The summed E-state index contributed by atoms with van der Waals surface area (Å²) in [7, 11) is -3.31. The normalized spacial score (nSPS) is 19.4. The number of aromatic amines is 1. The number of H-pyrrole nitrogens is 1. The quantitative estimate of drug-likeness (QED) is 0.607. The van der Waals surface area contributed by atoms with E-state index < -0.39 is 21.5 Å². The maximum absolute atomic E-state index is 12.9. The zero-order valence-corrected chi connectivity index (χ0v) is 20.1. The number of carboxylic acid groups (broad SMARTS) is 1. The van der Waals surface area contributed by atoms with Crippen molar-refractivity contribution in [3.8, 4) is 6.07 Å². The number of rotatable bonds is 3. The highest BCUT2D eigenvalue weighted by molar-refractivity contribution is 7.91. The van der Waals surface area contributed by atoms with Crippen LogP contribution < -0.4 is 5.32 Å². The van der Waals surface area contributed by atoms with E-state index in [0.717, 1.165) is 54.3 Å². The van der Waals surface area contributed by atoms with Crippen LogP contribution in [-0.4, -0.2) is 53.7 Å². The molecule has 1 aromatic heterocycles. The summed E-state index contributed by atoms with van der Waals surface area (Å²) in [6.45, 7) is 1.22. The van der Waals surface area contributed by atoms with Gasteiger partial charge in [-0.2, -0.15) is 5.26 Å². The highest BCUT2D eigenvalue weighted by Gasteiger charge is 2.44. The number of carbonyl (C=O) groups is 2. The Balaban J connectivity index is 0.000000257. The third-order valence-corrected chi connectivity index (χ3v) is 8.07. The maximum atomic E-state index is 12.9. The number of sulfone groups is 1. The predicted octanol–water partition coefficient (Wildman–Crippen LogP) is 3.35. The van der Waals surface area contributed by atoms with Crippen LogP contribution in [0, 0.1) is 17.2 Å². The average Bonchev–Trinajstić information content (AvgIpc) is 3.48. The molecule has 34 heavy (non-hydrogen) atoms. The second kappa shape index (κ2) is 9.29. The molecular formula is C24H30N4O5S. The van der Waals surface area contributed by atoms with Gasteiger partial charge >= 0.3 is 6.09 Å². The first kappa shape index (κ1) is 24.1. The summed E-state index contributed by atoms with van der Waals surface area (Å²) in [5, 5.41) is 19.4. The number of nitriles is 1. The van der Waals surface area contributed by atoms with Crippen molar-refractivity contribution in [1.82, 2.24) is 15.2 Å². The molecule has 0 atom stereocenters. The zero-order valence-electron chi connectivity index (χ0n) is 19.3. The van der Waals surface area contributed by atoms with Gasteiger partial charge in [0.2, 0.25) is 5.91 Å². The fraction of sp³-hybridized carbons (Fsp3) is 0.542. The first-order valence-corrected chi connectivity index (χ1v) is 13.6. The lowest BCUT2D eigenvalue weighted by Crippen LogP contribution is -2.40. The van der Waals surface area contributed by atoms with Crippen molar-refractivity contribution in [3.63, 3.8) is 0 Å². The number of carbonyl (C=O) groups excluding carboxylic acids is 1. The largest absolute Gasteiger partial charge is 0.465 e. The molecule has 10 heteroatoms. The van der Waals surface area contributed by atoms with Crippen molar-refractivity contribution < 1.29 is 23.1 Å². The van der Waals surface area contributed by atoms with Gasteiger partial charge in [-0.25, -0.2) is 13.2 Å². The standard InChI is InChI=1S/C19H24N2O3S.C5H6N2O2/c1-25(23,24)17-9-5-8-16-18(17)14-12-21(11-10-15(14)20-16)19(22)13-6-3-2-4-7-13;6-3-5(1-2-5)7-4(8)9/h5,8-9,13,20H,2-4,6-7,10-12H2,1H3;7H,1-2H2,(H,8,9). The van der Waals surface area contributed by atoms with Crippen molar-refractivity contribution in [2.75, 3.05) is 12.8 Å². The Kier molecular flexibility index (Phi) is 6.58. The van der Waals surface area contributed by atoms with Gasteiger partial charge in [-0.3, -0.25) is 4.79 Å². The van der Waals surface area contributed by atoms with E-state index >= 15 is 0 Å². The van der Waals surface area contributed by atoms with E-state index in [4.69, 9.17) is 10.4 Å². The molecule has 182 valence electrons. The highest BCUT2D eigenvalue weighted by atomic mass is 32.2. The Morgan fingerprint density at radius 2 is 1.94 bits per heavy atom. The van der Waals surface area contributed by atoms with Crippen molar-refractivity contribution in [2.24, 2.45) is 5.92 Å². The summed E-state index contributed by atoms with van der Waals surface area (Å²) in [5.41, 5.74) is 2.16. The van der Waals surface area contributed by atoms with Gasteiger partial charge in [0.05, 0.1) is 11.0 Å². The molecular weight excluding hydrogens is 456 g/mol. The van der Waals surface area contributed by atoms with Gasteiger partial charge < -0.3 is 20.3 Å². The predicted molar refractivity (Wildman–Crippen MR) is 126 cm³/mol. The Hall–Kier alpha value is -3.06. The number of nitrogens with one attached hydrogen (secondary N) is 2. The Labute approximate surface area is 199 Å². The van der Waals surface area contributed by atoms with Crippen LogP contribution in [0.4, 0.5) is 4.79 Å². The van der Waals surface area contributed by atoms with Crippen molar-refractivity contribution in [3.05, 3.63) is 29.5 Å². The number of hydrogen-bond acceptors (Lipinski definition) is 5. The van der Waals surface area contributed by atoms with Crippen molar-refractivity contribution in [2.45, 2.75) is 68.3 Å². The first-order valence-electron chi connectivity index (χ1n) is 11.7. The van der Waals surface area contributed by atoms with Gasteiger partial charge in [-0.05, 0) is 37.8 Å². The highest BCUT2D eigenvalue weighted by Crippen LogP contribution is 2.35. The summed E-state index contributed by atoms with van der Waals surface area (Å²) in [5.74, 6) is 0.395. The molecule has 0 saturated heterocycles. The molecule has 1 aliphatic heterocycles. The number of fused-ring (bicyclic) bond motifs is 3. The maximum Gasteiger partial charge on any atom is 0.405 e. The van der Waals surface area contributed by atoms with Gasteiger partial charge in [0.1, 0.15) is 5.54 Å². The van der Waals surface area contributed by atoms with Crippen LogP contribution in [0.3, 0.4) is 0 Å². The second-order valence-electron chi connectivity index (χ2n) is 9.50. The van der Waals surface area contributed by atoms with E-state index in [1.807, 2.05) is 17.0 Å². The number of nitrogens with zero attached hydrogens (tertiary/aromatic N) is 2. The molecule has 2 amide bonds. The number of amides is 2. The van der Waals surface area contributed by atoms with Crippen molar-refractivity contribution >= 4 is 32.7 Å². The summed E-state index contributed by atoms with van der Waals surface area (Å²) >= 11 is 0. The number of aromatic nitrogens is 1. The molecule has 0 bridgehead atoms. The molecule has 0 unspecified atom stereocenters. The minimum absolute atomic E-state index is 0.148. The minimum Gasteiger partial charge on any atom is -0.465 e. The van der Waals surface area contributed by atoms with Crippen LogP contribution in [0.15, 0.2) is 23.1 Å². The van der Waals surface area contributed by atoms with E-state index in [1.54, 1.807) is 12.1 Å². The van der Waals surface area contributed by atoms with Crippen LogP contribution in [-0.2, 0) is 27.6 Å². The molecule has 2 aliphatic carbocycles. The van der Waals surface area contributed by atoms with E-state index in [1.165, 1.54) is 12.7 Å². The third-order valence-electron chi connectivity index (χ3n) is 6.93. The fourth-order valence-corrected chi connectivity index (χ4v) is 5.87. The molecule has 9 nitrogen and oxygen atoms in total. The molecule has 1 aromatic carbocycles. The molecule has 5 rings (SSSR count). The zero-order chi connectivity index (χ0) is 24.5. The summed E-state index contributed by atoms with van der Waals surface area (Å²) in [6, 6.07) is 7.23. The summed E-state index contributed by atoms with van der Waals surface area (Å²) in [4.78, 5) is 28.5. The van der Waals surface area contributed by atoms with E-state index in [-0.39, 0.29) is 11.8 Å². The molecule has 3 aliphatic rings. The minimum atomic E-state index is -3.31. The first-order chi connectivity index (χ1) is 16.1.